The zero-order chi connectivity index (χ0) is 16.7. The van der Waals surface area contributed by atoms with Crippen molar-refractivity contribution in [2.75, 3.05) is 14.2 Å². The van der Waals surface area contributed by atoms with Crippen molar-refractivity contribution in [3.63, 3.8) is 0 Å². The van der Waals surface area contributed by atoms with Crippen molar-refractivity contribution in [1.82, 2.24) is 4.90 Å². The Hall–Kier alpha value is -1.42. The normalized spacial score (nSPS) is 36.2. The fraction of sp³-hybridized carbons (Fsp3) is 0.632. The van der Waals surface area contributed by atoms with E-state index in [-0.39, 0.29) is 5.54 Å². The molecule has 23 heavy (non-hydrogen) atoms. The molecule has 0 unspecified atom stereocenters. The highest BCUT2D eigenvalue weighted by molar-refractivity contribution is 5.92. The van der Waals surface area contributed by atoms with Crippen LogP contribution in [0.2, 0.25) is 0 Å². The summed E-state index contributed by atoms with van der Waals surface area (Å²) in [6.45, 7) is 5.11. The maximum Gasteiger partial charge on any atom is 0.156 e. The van der Waals surface area contributed by atoms with E-state index in [0.717, 1.165) is 43.7 Å². The van der Waals surface area contributed by atoms with E-state index in [4.69, 9.17) is 4.74 Å². The summed E-state index contributed by atoms with van der Waals surface area (Å²) in [6, 6.07) is 8.12. The van der Waals surface area contributed by atoms with Gasteiger partial charge in [-0.3, -0.25) is 9.89 Å². The van der Waals surface area contributed by atoms with Crippen LogP contribution in [0.15, 0.2) is 29.3 Å². The van der Waals surface area contributed by atoms with Gasteiger partial charge in [-0.05, 0) is 50.8 Å². The van der Waals surface area contributed by atoms with Gasteiger partial charge in [0.2, 0.25) is 0 Å². The van der Waals surface area contributed by atoms with Crippen LogP contribution >= 0.6 is 0 Å². The van der Waals surface area contributed by atoms with E-state index in [9.17, 15) is 0 Å². The monoisotopic (exact) mass is 318 g/mol. The topological polar surface area (TPSA) is 24.8 Å². The number of benzene rings is 1. The van der Waals surface area contributed by atoms with Gasteiger partial charge >= 0.3 is 0 Å². The summed E-state index contributed by atoms with van der Waals surface area (Å²) in [7, 11) is 3.40. The van der Waals surface area contributed by atoms with Crippen molar-refractivity contribution in [3.05, 3.63) is 29.8 Å². The maximum absolute atomic E-state index is 15.2. The van der Waals surface area contributed by atoms with Crippen LogP contribution in [-0.2, 0) is 6.54 Å². The van der Waals surface area contributed by atoms with E-state index < -0.39 is 11.7 Å². The standard InChI is InChI=1S/C19H27FN2O/c1-18-10-5-11-19(2,17(20)16(12-18)21-3)22(18)13-14-6-8-15(23-4)9-7-14/h6-9,17H,5,10-13H2,1-4H3/t17-,18-,19+/m1/s1. The van der Waals surface area contributed by atoms with E-state index in [1.165, 1.54) is 5.56 Å². The van der Waals surface area contributed by atoms with Crippen molar-refractivity contribution in [2.24, 2.45) is 4.99 Å². The lowest BCUT2D eigenvalue weighted by Crippen LogP contribution is -2.70. The van der Waals surface area contributed by atoms with Gasteiger partial charge in [-0.1, -0.05) is 12.1 Å². The van der Waals surface area contributed by atoms with Crippen molar-refractivity contribution in [3.8, 4) is 5.75 Å². The molecule has 2 bridgehead atoms. The molecule has 0 saturated carbocycles. The highest BCUT2D eigenvalue weighted by Crippen LogP contribution is 2.48. The van der Waals surface area contributed by atoms with Crippen LogP contribution in [0.3, 0.4) is 0 Å². The molecule has 4 heteroatoms. The van der Waals surface area contributed by atoms with Gasteiger partial charge in [0, 0.05) is 31.3 Å². The third-order valence-electron chi connectivity index (χ3n) is 5.85. The first-order chi connectivity index (χ1) is 10.9. The average molecular weight is 318 g/mol. The Morgan fingerprint density at radius 3 is 2.57 bits per heavy atom. The molecule has 0 aliphatic carbocycles. The predicted molar refractivity (Wildman–Crippen MR) is 92.1 cm³/mol. The van der Waals surface area contributed by atoms with Crippen LogP contribution in [0.4, 0.5) is 4.39 Å². The number of nitrogens with zero attached hydrogens (tertiary/aromatic N) is 2. The van der Waals surface area contributed by atoms with Gasteiger partial charge in [0.05, 0.1) is 12.6 Å². The number of aliphatic imine (C=N–C) groups is 1. The molecule has 2 saturated heterocycles. The quantitative estimate of drug-likeness (QED) is 0.841. The van der Waals surface area contributed by atoms with Gasteiger partial charge < -0.3 is 4.74 Å². The molecule has 0 N–H and O–H groups in total. The molecule has 0 radical (unpaired) electrons. The molecular formula is C19H27FN2O. The third kappa shape index (κ3) is 2.67. The van der Waals surface area contributed by atoms with E-state index in [2.05, 4.69) is 35.9 Å². The van der Waals surface area contributed by atoms with E-state index >= 15 is 4.39 Å². The molecule has 3 atom stereocenters. The molecular weight excluding hydrogens is 291 g/mol. The molecule has 1 aromatic rings. The molecule has 2 aliphatic rings. The number of rotatable bonds is 3. The number of methoxy groups -OCH3 is 1. The summed E-state index contributed by atoms with van der Waals surface area (Å²) in [5.74, 6) is 0.855. The number of hydrogen-bond donors (Lipinski definition) is 0. The summed E-state index contributed by atoms with van der Waals surface area (Å²) in [5, 5.41) is 0. The first-order valence-electron chi connectivity index (χ1n) is 8.43. The molecule has 1 aromatic carbocycles. The first kappa shape index (κ1) is 16.4. The lowest BCUT2D eigenvalue weighted by Gasteiger charge is -2.60. The van der Waals surface area contributed by atoms with Gasteiger partial charge in [0.15, 0.2) is 6.17 Å². The van der Waals surface area contributed by atoms with Crippen LogP contribution < -0.4 is 4.74 Å². The third-order valence-corrected chi connectivity index (χ3v) is 5.85. The Morgan fingerprint density at radius 2 is 1.96 bits per heavy atom. The smallest absolute Gasteiger partial charge is 0.156 e. The van der Waals surface area contributed by atoms with Crippen molar-refractivity contribution in [1.29, 1.82) is 0 Å². The fourth-order valence-corrected chi connectivity index (χ4v) is 4.48. The Balaban J connectivity index is 1.92. The highest BCUT2D eigenvalue weighted by atomic mass is 19.1. The SMILES string of the molecule is CN=C1C[C@@]2(C)CCC[C@@](C)([C@@H]1F)N2Cc1ccc(OC)cc1. The van der Waals surface area contributed by atoms with Crippen LogP contribution in [0.5, 0.6) is 5.75 Å². The summed E-state index contributed by atoms with van der Waals surface area (Å²) in [4.78, 5) is 6.66. The lowest BCUT2D eigenvalue weighted by atomic mass is 9.67. The van der Waals surface area contributed by atoms with Gasteiger partial charge in [-0.2, -0.15) is 0 Å². The molecule has 2 fully saturated rings. The van der Waals surface area contributed by atoms with Crippen molar-refractivity contribution < 1.29 is 9.13 Å². The summed E-state index contributed by atoms with van der Waals surface area (Å²) in [6.07, 6.45) is 2.84. The Bertz CT molecular complexity index is 600. The van der Waals surface area contributed by atoms with Crippen LogP contribution in [0, 0.1) is 0 Å². The average Bonchev–Trinajstić information content (AvgIpc) is 2.55. The molecule has 2 aliphatic heterocycles. The number of halogens is 1. The highest BCUT2D eigenvalue weighted by Gasteiger charge is 2.56. The zero-order valence-electron chi connectivity index (χ0n) is 14.6. The number of ether oxygens (including phenoxy) is 1. The molecule has 0 spiro atoms. The second-order valence-corrected chi connectivity index (χ2v) is 7.40. The minimum Gasteiger partial charge on any atom is -0.497 e. The minimum absolute atomic E-state index is 0.00956. The summed E-state index contributed by atoms with van der Waals surface area (Å²) >= 11 is 0. The number of hydrogen-bond acceptors (Lipinski definition) is 3. The largest absolute Gasteiger partial charge is 0.497 e. The van der Waals surface area contributed by atoms with Gasteiger partial charge in [-0.25, -0.2) is 4.39 Å². The van der Waals surface area contributed by atoms with Crippen LogP contribution in [0.25, 0.3) is 0 Å². The van der Waals surface area contributed by atoms with Gasteiger partial charge in [0.25, 0.3) is 0 Å². The number of fused-ring (bicyclic) bond motifs is 2. The number of piperidine rings is 2. The number of alkyl halides is 1. The second-order valence-electron chi connectivity index (χ2n) is 7.40. The lowest BCUT2D eigenvalue weighted by molar-refractivity contribution is -0.0902. The Labute approximate surface area is 138 Å². The first-order valence-corrected chi connectivity index (χ1v) is 8.43. The van der Waals surface area contributed by atoms with Crippen LogP contribution in [-0.4, -0.2) is 42.0 Å². The molecule has 126 valence electrons. The fourth-order valence-electron chi connectivity index (χ4n) is 4.48. The molecule has 0 amide bonds. The van der Waals surface area contributed by atoms with E-state index in [1.54, 1.807) is 14.2 Å². The van der Waals surface area contributed by atoms with Gasteiger partial charge in [-0.15, -0.1) is 0 Å². The Morgan fingerprint density at radius 1 is 1.26 bits per heavy atom. The summed E-state index contributed by atoms with van der Waals surface area (Å²) in [5.41, 5.74) is 1.47. The second kappa shape index (κ2) is 5.90. The van der Waals surface area contributed by atoms with Crippen molar-refractivity contribution >= 4 is 5.71 Å². The zero-order valence-corrected chi connectivity index (χ0v) is 14.6. The summed E-state index contributed by atoms with van der Waals surface area (Å²) < 4.78 is 20.4. The van der Waals surface area contributed by atoms with E-state index in [0.29, 0.717) is 0 Å². The minimum atomic E-state index is -0.973. The van der Waals surface area contributed by atoms with Crippen molar-refractivity contribution in [2.45, 2.75) is 63.3 Å². The Kier molecular flexibility index (Phi) is 4.21. The maximum atomic E-state index is 15.2. The molecule has 3 rings (SSSR count). The predicted octanol–water partition coefficient (Wildman–Crippen LogP) is 4.01. The molecule has 2 heterocycles. The van der Waals surface area contributed by atoms with Gasteiger partial charge in [0.1, 0.15) is 5.75 Å². The molecule has 0 aromatic heterocycles. The molecule has 3 nitrogen and oxygen atoms in total. The van der Waals surface area contributed by atoms with Crippen LogP contribution in [0.1, 0.15) is 45.1 Å². The van der Waals surface area contributed by atoms with E-state index in [1.807, 2.05) is 12.1 Å².